The van der Waals surface area contributed by atoms with Gasteiger partial charge in [0.15, 0.2) is 5.16 Å². The Labute approximate surface area is 123 Å². The first-order valence-electron chi connectivity index (χ1n) is 6.81. The Bertz CT molecular complexity index is 476. The third kappa shape index (κ3) is 3.82. The van der Waals surface area contributed by atoms with Gasteiger partial charge in [0.05, 0.1) is 4.92 Å². The number of nitro groups is 1. The summed E-state index contributed by atoms with van der Waals surface area (Å²) in [4.78, 5) is 19.6. The molecule has 1 aromatic heterocycles. The summed E-state index contributed by atoms with van der Waals surface area (Å²) >= 11 is 1.39. The van der Waals surface area contributed by atoms with Crippen LogP contribution in [0.15, 0.2) is 5.16 Å². The normalized spacial score (nSPS) is 11.2. The average Bonchev–Trinajstić information content (AvgIpc) is 2.43. The molecular weight excluding hydrogens is 276 g/mol. The molecule has 0 fully saturated rings. The van der Waals surface area contributed by atoms with Crippen molar-refractivity contribution in [2.75, 3.05) is 11.6 Å². The van der Waals surface area contributed by atoms with E-state index in [1.54, 1.807) is 0 Å². The molecule has 1 rings (SSSR count). The molecule has 0 saturated heterocycles. The maximum atomic E-state index is 11.4. The van der Waals surface area contributed by atoms with E-state index >= 15 is 0 Å². The van der Waals surface area contributed by atoms with Crippen LogP contribution in [0, 0.1) is 10.1 Å². The molecule has 0 atom stereocenters. The summed E-state index contributed by atoms with van der Waals surface area (Å²) in [6.45, 7) is 7.90. The summed E-state index contributed by atoms with van der Waals surface area (Å²) in [5, 5.41) is 15.1. The number of aromatic nitrogens is 2. The molecule has 0 amide bonds. The van der Waals surface area contributed by atoms with Gasteiger partial charge in [0.2, 0.25) is 5.82 Å². The number of nitrogens with zero attached hydrogens (tertiary/aromatic N) is 3. The van der Waals surface area contributed by atoms with Crippen molar-refractivity contribution in [1.29, 1.82) is 0 Å². The smallest absolute Gasteiger partial charge is 0.332 e. The lowest BCUT2D eigenvalue weighted by atomic mass is 10.1. The van der Waals surface area contributed by atoms with Crippen LogP contribution in [0.4, 0.5) is 11.5 Å². The lowest BCUT2D eigenvalue weighted by Crippen LogP contribution is -2.20. The molecule has 0 spiro atoms. The fourth-order valence-electron chi connectivity index (χ4n) is 1.91. The highest BCUT2D eigenvalue weighted by Crippen LogP contribution is 2.33. The summed E-state index contributed by atoms with van der Waals surface area (Å²) in [6.07, 6.45) is 3.65. The maximum absolute atomic E-state index is 11.4. The van der Waals surface area contributed by atoms with Crippen LogP contribution >= 0.6 is 11.8 Å². The van der Waals surface area contributed by atoms with Gasteiger partial charge in [-0.05, 0) is 19.1 Å². The molecule has 1 aromatic rings. The molecule has 0 saturated carbocycles. The van der Waals surface area contributed by atoms with Crippen LogP contribution in [0.5, 0.6) is 0 Å². The highest BCUT2D eigenvalue weighted by Gasteiger charge is 2.27. The Morgan fingerprint density at radius 2 is 1.90 bits per heavy atom. The standard InChI is InChI=1S/C13H22N4O2S/c1-6-9(7-2)14-12-11(17(18)19)10(8(3)4)15-13(16-12)20-5/h8-9H,6-7H2,1-5H3,(H,14,15,16). The maximum Gasteiger partial charge on any atom is 0.332 e. The minimum Gasteiger partial charge on any atom is -0.361 e. The second-order valence-electron chi connectivity index (χ2n) is 4.86. The highest BCUT2D eigenvalue weighted by atomic mass is 32.2. The van der Waals surface area contributed by atoms with Gasteiger partial charge in [0.25, 0.3) is 0 Å². The van der Waals surface area contributed by atoms with E-state index in [-0.39, 0.29) is 22.6 Å². The Morgan fingerprint density at radius 1 is 1.30 bits per heavy atom. The second-order valence-corrected chi connectivity index (χ2v) is 5.64. The average molecular weight is 298 g/mol. The van der Waals surface area contributed by atoms with Gasteiger partial charge in [-0.2, -0.15) is 4.98 Å². The van der Waals surface area contributed by atoms with Crippen molar-refractivity contribution in [2.45, 2.75) is 57.7 Å². The largest absolute Gasteiger partial charge is 0.361 e. The molecular formula is C13H22N4O2S. The molecule has 0 aliphatic rings. The zero-order valence-corrected chi connectivity index (χ0v) is 13.5. The molecule has 0 aromatic carbocycles. The van der Waals surface area contributed by atoms with Gasteiger partial charge >= 0.3 is 5.69 Å². The van der Waals surface area contributed by atoms with E-state index < -0.39 is 0 Å². The van der Waals surface area contributed by atoms with Crippen LogP contribution in [0.2, 0.25) is 0 Å². The Balaban J connectivity index is 3.37. The SMILES string of the molecule is CCC(CC)Nc1nc(SC)nc(C(C)C)c1[N+](=O)[O-]. The molecule has 1 heterocycles. The van der Waals surface area contributed by atoms with E-state index in [0.29, 0.717) is 16.7 Å². The number of thioether (sulfide) groups is 1. The summed E-state index contributed by atoms with van der Waals surface area (Å²) in [5.74, 6) is 0.318. The van der Waals surface area contributed by atoms with E-state index in [4.69, 9.17) is 0 Å². The van der Waals surface area contributed by atoms with Gasteiger partial charge in [-0.3, -0.25) is 10.1 Å². The van der Waals surface area contributed by atoms with Crippen molar-refractivity contribution in [3.8, 4) is 0 Å². The number of anilines is 1. The van der Waals surface area contributed by atoms with Crippen LogP contribution < -0.4 is 5.32 Å². The topological polar surface area (TPSA) is 81.0 Å². The summed E-state index contributed by atoms with van der Waals surface area (Å²) in [6, 6.07) is 0.179. The molecule has 0 bridgehead atoms. The zero-order chi connectivity index (χ0) is 15.3. The highest BCUT2D eigenvalue weighted by molar-refractivity contribution is 7.98. The molecule has 20 heavy (non-hydrogen) atoms. The Morgan fingerprint density at radius 3 is 2.30 bits per heavy atom. The van der Waals surface area contributed by atoms with E-state index in [0.717, 1.165) is 12.8 Å². The fraction of sp³-hybridized carbons (Fsp3) is 0.692. The zero-order valence-electron chi connectivity index (χ0n) is 12.6. The Hall–Kier alpha value is -1.37. The van der Waals surface area contributed by atoms with E-state index in [1.165, 1.54) is 11.8 Å². The van der Waals surface area contributed by atoms with Crippen LogP contribution in [0.25, 0.3) is 0 Å². The van der Waals surface area contributed by atoms with Crippen LogP contribution in [-0.2, 0) is 0 Å². The van der Waals surface area contributed by atoms with Gasteiger partial charge < -0.3 is 5.32 Å². The van der Waals surface area contributed by atoms with Gasteiger partial charge in [-0.1, -0.05) is 39.5 Å². The fourth-order valence-corrected chi connectivity index (χ4v) is 2.28. The lowest BCUT2D eigenvalue weighted by molar-refractivity contribution is -0.385. The monoisotopic (exact) mass is 298 g/mol. The summed E-state index contributed by atoms with van der Waals surface area (Å²) in [7, 11) is 0. The van der Waals surface area contributed by atoms with Crippen molar-refractivity contribution in [1.82, 2.24) is 9.97 Å². The molecule has 0 aliphatic heterocycles. The first kappa shape index (κ1) is 16.7. The van der Waals surface area contributed by atoms with Gasteiger partial charge in [-0.25, -0.2) is 4.98 Å². The van der Waals surface area contributed by atoms with Crippen molar-refractivity contribution in [3.63, 3.8) is 0 Å². The van der Waals surface area contributed by atoms with Crippen LogP contribution in [0.1, 0.15) is 52.1 Å². The first-order valence-corrected chi connectivity index (χ1v) is 8.03. The van der Waals surface area contributed by atoms with Crippen LogP contribution in [-0.4, -0.2) is 27.2 Å². The molecule has 0 radical (unpaired) electrons. The Kier molecular flexibility index (Phi) is 6.19. The summed E-state index contributed by atoms with van der Waals surface area (Å²) in [5.41, 5.74) is 0.493. The minimum atomic E-state index is -0.385. The van der Waals surface area contributed by atoms with Crippen molar-refractivity contribution < 1.29 is 4.92 Å². The third-order valence-corrected chi connectivity index (χ3v) is 3.68. The lowest BCUT2D eigenvalue weighted by Gasteiger charge is -2.17. The predicted molar refractivity (Wildman–Crippen MR) is 82.5 cm³/mol. The molecule has 1 N–H and O–H groups in total. The van der Waals surface area contributed by atoms with E-state index in [9.17, 15) is 10.1 Å². The first-order chi connectivity index (χ1) is 9.44. The van der Waals surface area contributed by atoms with Crippen molar-refractivity contribution in [2.24, 2.45) is 0 Å². The van der Waals surface area contributed by atoms with Gasteiger partial charge in [-0.15, -0.1) is 0 Å². The minimum absolute atomic E-state index is 0.00435. The van der Waals surface area contributed by atoms with Crippen LogP contribution in [0.3, 0.4) is 0 Å². The third-order valence-electron chi connectivity index (χ3n) is 3.13. The summed E-state index contributed by atoms with van der Waals surface area (Å²) < 4.78 is 0. The molecule has 0 unspecified atom stereocenters. The van der Waals surface area contributed by atoms with Gasteiger partial charge in [0.1, 0.15) is 5.69 Å². The number of nitrogens with one attached hydrogen (secondary N) is 1. The number of hydrogen-bond acceptors (Lipinski definition) is 6. The van der Waals surface area contributed by atoms with Crippen molar-refractivity contribution in [3.05, 3.63) is 15.8 Å². The second kappa shape index (κ2) is 7.42. The predicted octanol–water partition coefficient (Wildman–Crippen LogP) is 3.83. The van der Waals surface area contributed by atoms with E-state index in [2.05, 4.69) is 15.3 Å². The quantitative estimate of drug-likeness (QED) is 0.356. The molecule has 112 valence electrons. The molecule has 7 heteroatoms. The van der Waals surface area contributed by atoms with Crippen molar-refractivity contribution >= 4 is 23.3 Å². The molecule has 6 nitrogen and oxygen atoms in total. The number of rotatable bonds is 7. The van der Waals surface area contributed by atoms with E-state index in [1.807, 2.05) is 34.0 Å². The number of hydrogen-bond donors (Lipinski definition) is 1. The molecule has 0 aliphatic carbocycles. The van der Waals surface area contributed by atoms with Gasteiger partial charge in [0, 0.05) is 12.0 Å².